The highest BCUT2D eigenvalue weighted by Crippen LogP contribution is 2.29. The number of amides is 2. The predicted octanol–water partition coefficient (Wildman–Crippen LogP) is 2.88. The van der Waals surface area contributed by atoms with Gasteiger partial charge in [0, 0.05) is 30.8 Å². The Balaban J connectivity index is 1.58. The number of hydrogen-bond acceptors (Lipinski definition) is 9. The minimum atomic E-state index is -4.29. The van der Waals surface area contributed by atoms with Gasteiger partial charge in [0.25, 0.3) is 0 Å². The number of anilines is 1. The zero-order chi connectivity index (χ0) is 28.0. The molecule has 1 aliphatic rings. The van der Waals surface area contributed by atoms with Gasteiger partial charge in [-0.25, -0.2) is 15.6 Å². The molecule has 1 aliphatic carbocycles. The van der Waals surface area contributed by atoms with E-state index in [1.165, 1.54) is 25.5 Å². The summed E-state index contributed by atoms with van der Waals surface area (Å²) in [5, 5.41) is 8.82. The highest BCUT2D eigenvalue weighted by Gasteiger charge is 2.37. The van der Waals surface area contributed by atoms with Crippen LogP contribution in [0.3, 0.4) is 0 Å². The van der Waals surface area contributed by atoms with Crippen LogP contribution in [0.15, 0.2) is 42.5 Å². The lowest BCUT2D eigenvalue weighted by Crippen LogP contribution is -2.48. The van der Waals surface area contributed by atoms with E-state index in [1.54, 1.807) is 25.1 Å². The van der Waals surface area contributed by atoms with E-state index in [0.29, 0.717) is 24.1 Å². The maximum Gasteiger partial charge on any atom is 0.413 e. The smallest absolute Gasteiger partial charge is 0.413 e. The first kappa shape index (κ1) is 28.9. The molecule has 2 amide bonds. The Labute approximate surface area is 221 Å². The summed E-state index contributed by atoms with van der Waals surface area (Å²) in [7, 11) is 1.45. The van der Waals surface area contributed by atoms with Crippen LogP contribution in [-0.4, -0.2) is 52.8 Å². The zero-order valence-electron chi connectivity index (χ0n) is 20.6. The van der Waals surface area contributed by atoms with Crippen LogP contribution in [0.25, 0.3) is 5.70 Å². The number of aromatic nitrogens is 2. The fourth-order valence-electron chi connectivity index (χ4n) is 3.65. The monoisotopic (exact) mass is 556 g/mol. The maximum atomic E-state index is 12.5. The third kappa shape index (κ3) is 7.94. The first-order chi connectivity index (χ1) is 17.8. The highest BCUT2D eigenvalue weighted by molar-refractivity contribution is 6.30. The number of pyridine rings is 2. The number of carbonyl (C=O) groups excluding carboxylic acids is 2. The molecule has 0 radical (unpaired) electrons. The van der Waals surface area contributed by atoms with E-state index < -0.39 is 30.8 Å². The molecule has 0 saturated heterocycles. The van der Waals surface area contributed by atoms with E-state index in [-0.39, 0.29) is 34.3 Å². The Morgan fingerprint density at radius 3 is 2.55 bits per heavy atom. The molecule has 2 heterocycles. The lowest BCUT2D eigenvalue weighted by Gasteiger charge is -2.35. The van der Waals surface area contributed by atoms with Crippen LogP contribution < -0.4 is 27.5 Å². The van der Waals surface area contributed by atoms with Crippen LogP contribution in [0.2, 0.25) is 5.15 Å². The molecule has 0 spiro atoms. The molecule has 0 unspecified atom stereocenters. The molecule has 0 aliphatic heterocycles. The van der Waals surface area contributed by atoms with Gasteiger partial charge < -0.3 is 21.1 Å². The van der Waals surface area contributed by atoms with Crippen LogP contribution in [0.4, 0.5) is 23.7 Å². The van der Waals surface area contributed by atoms with E-state index in [2.05, 4.69) is 25.9 Å². The van der Waals surface area contributed by atoms with Gasteiger partial charge in [-0.2, -0.15) is 13.2 Å². The van der Waals surface area contributed by atoms with Gasteiger partial charge in [0.1, 0.15) is 17.0 Å². The van der Waals surface area contributed by atoms with Gasteiger partial charge in [0.15, 0.2) is 5.82 Å². The summed E-state index contributed by atoms with van der Waals surface area (Å²) in [4.78, 5) is 33.0. The SMILES string of the molecule is C[C@@H](OC(=O)N/C(=C(/N)c1ccc(NC(=O)[C@H]2C[C@@H](NCC(F)(F)F)C2)cn1)N(C)N)c1cccnc1Cl. The topological polar surface area (TPSA) is 161 Å². The largest absolute Gasteiger partial charge is 0.441 e. The van der Waals surface area contributed by atoms with E-state index in [1.807, 2.05) is 0 Å². The summed E-state index contributed by atoms with van der Waals surface area (Å²) >= 11 is 6.04. The number of nitrogens with one attached hydrogen (secondary N) is 3. The predicted molar refractivity (Wildman–Crippen MR) is 134 cm³/mol. The second-order valence-electron chi connectivity index (χ2n) is 8.71. The number of rotatable bonds is 9. The van der Waals surface area contributed by atoms with Crippen LogP contribution in [-0.2, 0) is 9.53 Å². The van der Waals surface area contributed by atoms with Crippen LogP contribution in [0.1, 0.15) is 37.1 Å². The van der Waals surface area contributed by atoms with Crippen LogP contribution >= 0.6 is 11.6 Å². The van der Waals surface area contributed by atoms with Crippen molar-refractivity contribution in [2.24, 2.45) is 17.5 Å². The van der Waals surface area contributed by atoms with E-state index in [4.69, 9.17) is 27.9 Å². The first-order valence-corrected chi connectivity index (χ1v) is 11.9. The van der Waals surface area contributed by atoms with Gasteiger partial charge >= 0.3 is 12.3 Å². The Morgan fingerprint density at radius 1 is 1.26 bits per heavy atom. The molecule has 7 N–H and O–H groups in total. The number of alkyl halides is 3. The molecular formula is C23H28ClF3N8O3. The van der Waals surface area contributed by atoms with E-state index in [9.17, 15) is 22.8 Å². The molecule has 2 aromatic rings. The van der Waals surface area contributed by atoms with Gasteiger partial charge in [-0.1, -0.05) is 17.7 Å². The van der Waals surface area contributed by atoms with E-state index in [0.717, 1.165) is 5.01 Å². The number of hydrazine groups is 1. The third-order valence-electron chi connectivity index (χ3n) is 5.75. The fourth-order valence-corrected chi connectivity index (χ4v) is 3.92. The molecule has 1 saturated carbocycles. The summed E-state index contributed by atoms with van der Waals surface area (Å²) in [5.41, 5.74) is 7.33. The summed E-state index contributed by atoms with van der Waals surface area (Å²) < 4.78 is 42.2. The maximum absolute atomic E-state index is 12.5. The zero-order valence-corrected chi connectivity index (χ0v) is 21.3. The highest BCUT2D eigenvalue weighted by atomic mass is 35.5. The number of nitrogens with zero attached hydrogens (tertiary/aromatic N) is 3. The van der Waals surface area contributed by atoms with Crippen LogP contribution in [0.5, 0.6) is 0 Å². The van der Waals surface area contributed by atoms with Crippen molar-refractivity contribution in [1.82, 2.24) is 25.6 Å². The number of hydrogen-bond donors (Lipinski definition) is 5. The number of alkyl carbamates (subject to hydrolysis) is 1. The third-order valence-corrected chi connectivity index (χ3v) is 6.06. The van der Waals surface area contributed by atoms with Crippen molar-refractivity contribution in [1.29, 1.82) is 0 Å². The standard InChI is InChI=1S/C23H28ClF3N8O3/c1-12(16-4-3-7-30-19(16)24)38-22(37)34-20(35(2)29)18(28)17-6-5-14(10-31-17)33-21(36)13-8-15(9-13)32-11-23(25,26)27/h3-7,10,12-13,15,32H,8-9,11,28-29H2,1-2H3,(H,33,36)(H,34,37)/b20-18-/t12-,13-,15+/m1/s1. The number of ether oxygens (including phenoxy) is 1. The molecule has 15 heteroatoms. The summed E-state index contributed by atoms with van der Waals surface area (Å²) in [5.74, 6) is 5.13. The van der Waals surface area contributed by atoms with Crippen LogP contribution in [0, 0.1) is 5.92 Å². The second kappa shape index (κ2) is 12.3. The molecule has 38 heavy (non-hydrogen) atoms. The van der Waals surface area contributed by atoms with Gasteiger partial charge in [-0.15, -0.1) is 0 Å². The number of carbonyl (C=O) groups is 2. The molecule has 3 rings (SSSR count). The Kier molecular flexibility index (Phi) is 9.36. The Morgan fingerprint density at radius 2 is 1.97 bits per heavy atom. The van der Waals surface area contributed by atoms with Crippen molar-refractivity contribution in [3.05, 3.63) is 58.9 Å². The first-order valence-electron chi connectivity index (χ1n) is 11.5. The molecule has 1 atom stereocenters. The van der Waals surface area contributed by atoms with Crippen molar-refractivity contribution in [2.45, 2.75) is 38.1 Å². The van der Waals surface area contributed by atoms with Crippen molar-refractivity contribution >= 4 is 35.0 Å². The minimum absolute atomic E-state index is 0.00985. The van der Waals surface area contributed by atoms with Gasteiger partial charge in [-0.05, 0) is 38.0 Å². The Bertz CT molecular complexity index is 1170. The van der Waals surface area contributed by atoms with Gasteiger partial charge in [-0.3, -0.25) is 20.1 Å². The fraction of sp³-hybridized carbons (Fsp3) is 0.391. The molecule has 206 valence electrons. The molecule has 0 aromatic carbocycles. The molecule has 11 nitrogen and oxygen atoms in total. The molecule has 0 bridgehead atoms. The summed E-state index contributed by atoms with van der Waals surface area (Å²) in [6.45, 7) is 0.537. The van der Waals surface area contributed by atoms with Gasteiger partial charge in [0.2, 0.25) is 5.91 Å². The van der Waals surface area contributed by atoms with Crippen molar-refractivity contribution in [2.75, 3.05) is 18.9 Å². The molecule has 1 fully saturated rings. The number of nitrogens with two attached hydrogens (primary N) is 2. The van der Waals surface area contributed by atoms with Gasteiger partial charge in [0.05, 0.1) is 24.1 Å². The summed E-state index contributed by atoms with van der Waals surface area (Å²) in [6.07, 6.45) is -2.37. The van der Waals surface area contributed by atoms with Crippen molar-refractivity contribution in [3.63, 3.8) is 0 Å². The van der Waals surface area contributed by atoms with Crippen molar-refractivity contribution in [3.8, 4) is 0 Å². The number of halogens is 4. The van der Waals surface area contributed by atoms with Crippen molar-refractivity contribution < 1.29 is 27.5 Å². The normalized spacial score (nSPS) is 18.5. The lowest BCUT2D eigenvalue weighted by molar-refractivity contribution is -0.130. The molecular weight excluding hydrogens is 529 g/mol. The Hall–Kier alpha value is -3.62. The minimum Gasteiger partial charge on any atom is -0.441 e. The second-order valence-corrected chi connectivity index (χ2v) is 9.07. The quantitative estimate of drug-likeness (QED) is 0.178. The molecule has 2 aromatic heterocycles. The average Bonchev–Trinajstić information content (AvgIpc) is 2.81. The lowest BCUT2D eigenvalue weighted by atomic mass is 9.79. The van der Waals surface area contributed by atoms with E-state index >= 15 is 0 Å². The summed E-state index contributed by atoms with van der Waals surface area (Å²) in [6, 6.07) is 6.03. The average molecular weight is 557 g/mol.